The number of methoxy groups -OCH3 is 1. The summed E-state index contributed by atoms with van der Waals surface area (Å²) in [6, 6.07) is 10.1. The molecule has 0 bridgehead atoms. The molecule has 2 aromatic rings. The summed E-state index contributed by atoms with van der Waals surface area (Å²) in [6.07, 6.45) is 5.33. The number of carboxylic acid groups (broad SMARTS) is 1. The fourth-order valence-corrected chi connectivity index (χ4v) is 6.28. The highest BCUT2D eigenvalue weighted by atomic mass is 35.5. The van der Waals surface area contributed by atoms with Crippen molar-refractivity contribution in [3.63, 3.8) is 0 Å². The predicted molar refractivity (Wildman–Crippen MR) is 141 cm³/mol. The van der Waals surface area contributed by atoms with Crippen LogP contribution in [0.2, 0.25) is 5.02 Å². The van der Waals surface area contributed by atoms with E-state index in [9.17, 15) is 19.1 Å². The summed E-state index contributed by atoms with van der Waals surface area (Å²) >= 11 is 6.18. The van der Waals surface area contributed by atoms with Crippen molar-refractivity contribution in [1.29, 1.82) is 0 Å². The molecule has 2 aromatic carbocycles. The van der Waals surface area contributed by atoms with E-state index in [-0.39, 0.29) is 29.3 Å². The number of rotatable bonds is 8. The van der Waals surface area contributed by atoms with Gasteiger partial charge in [0.2, 0.25) is 0 Å². The summed E-state index contributed by atoms with van der Waals surface area (Å²) in [7, 11) is 1.59. The lowest BCUT2D eigenvalue weighted by Gasteiger charge is -2.45. The first-order valence-corrected chi connectivity index (χ1v) is 13.7. The van der Waals surface area contributed by atoms with Crippen molar-refractivity contribution in [2.24, 2.45) is 5.92 Å². The van der Waals surface area contributed by atoms with Crippen LogP contribution >= 0.6 is 11.6 Å². The molecule has 5 rings (SSSR count). The quantitative estimate of drug-likeness (QED) is 0.486. The third-order valence-electron chi connectivity index (χ3n) is 8.36. The molecule has 9 heteroatoms. The molecule has 2 aliphatic heterocycles. The highest BCUT2D eigenvalue weighted by Gasteiger charge is 2.54. The number of carboxylic acids is 1. The second kappa shape index (κ2) is 11.2. The highest BCUT2D eigenvalue weighted by molar-refractivity contribution is 6.30. The van der Waals surface area contributed by atoms with Gasteiger partial charge in [0.05, 0.1) is 19.3 Å². The molecule has 1 saturated carbocycles. The molecule has 2 atom stereocenters. The monoisotopic (exact) mass is 544 g/mol. The van der Waals surface area contributed by atoms with Crippen LogP contribution in [0, 0.1) is 11.7 Å². The average molecular weight is 545 g/mol. The number of nitrogens with zero attached hydrogens (tertiary/aromatic N) is 1. The molecule has 1 amide bonds. The van der Waals surface area contributed by atoms with E-state index in [4.69, 9.17) is 21.1 Å². The highest BCUT2D eigenvalue weighted by Crippen LogP contribution is 2.47. The molecule has 3 aliphatic rings. The number of likely N-dealkylation sites (tertiary alicyclic amines) is 1. The van der Waals surface area contributed by atoms with E-state index >= 15 is 0 Å². The van der Waals surface area contributed by atoms with Crippen LogP contribution in [0.3, 0.4) is 0 Å². The number of amides is 1. The van der Waals surface area contributed by atoms with Gasteiger partial charge in [-0.2, -0.15) is 0 Å². The van der Waals surface area contributed by atoms with Crippen molar-refractivity contribution < 1.29 is 28.6 Å². The molecule has 7 nitrogen and oxygen atoms in total. The van der Waals surface area contributed by atoms with Gasteiger partial charge in [0, 0.05) is 17.6 Å². The largest absolute Gasteiger partial charge is 0.497 e. The molecule has 2 N–H and O–H groups in total. The van der Waals surface area contributed by atoms with Crippen molar-refractivity contribution in [3.05, 3.63) is 63.9 Å². The minimum Gasteiger partial charge on any atom is -0.497 e. The van der Waals surface area contributed by atoms with Gasteiger partial charge in [0.15, 0.2) is 0 Å². The van der Waals surface area contributed by atoms with Gasteiger partial charge in [-0.15, -0.1) is 0 Å². The van der Waals surface area contributed by atoms with E-state index in [1.165, 1.54) is 12.1 Å². The Hall–Kier alpha value is -2.68. The zero-order chi connectivity index (χ0) is 26.9. The van der Waals surface area contributed by atoms with Gasteiger partial charge in [0.25, 0.3) is 5.91 Å². The standard InChI is InChI=1S/C29H34ClFN2O5/c1-37-24-13-18(12-22(30)15-24)16-32-28(36)29(21-3-4-21)9-6-23(17-38-29)33-10-7-19(8-11-33)20-2-5-26(31)25(14-20)27(34)35/h2,5,12-15,19,21,23H,3-4,6-11,16-17H2,1H3,(H,32,36)(H,34,35)/t23-,29+/m1/s1. The lowest BCUT2D eigenvalue weighted by Crippen LogP contribution is -2.57. The van der Waals surface area contributed by atoms with Crippen LogP contribution in [0.1, 0.15) is 65.9 Å². The Kier molecular flexibility index (Phi) is 7.93. The minimum absolute atomic E-state index is 0.0540. The van der Waals surface area contributed by atoms with Gasteiger partial charge in [-0.1, -0.05) is 17.7 Å². The third kappa shape index (κ3) is 5.67. The molecule has 0 unspecified atom stereocenters. The number of hydrogen-bond acceptors (Lipinski definition) is 5. The molecule has 0 radical (unpaired) electrons. The van der Waals surface area contributed by atoms with Gasteiger partial charge in [0.1, 0.15) is 17.2 Å². The normalized spacial score (nSPS) is 24.7. The van der Waals surface area contributed by atoms with Gasteiger partial charge < -0.3 is 19.9 Å². The summed E-state index contributed by atoms with van der Waals surface area (Å²) in [5.74, 6) is -0.881. The van der Waals surface area contributed by atoms with Crippen LogP contribution in [0.25, 0.3) is 0 Å². The lowest BCUT2D eigenvalue weighted by atomic mass is 9.84. The summed E-state index contributed by atoms with van der Waals surface area (Å²) in [5.41, 5.74) is 0.709. The van der Waals surface area contributed by atoms with Gasteiger partial charge in [-0.05, 0) is 105 Å². The summed E-state index contributed by atoms with van der Waals surface area (Å²) < 4.78 is 25.5. The number of halogens is 2. The summed E-state index contributed by atoms with van der Waals surface area (Å²) in [5, 5.41) is 12.9. The van der Waals surface area contributed by atoms with Crippen molar-refractivity contribution in [2.45, 2.75) is 62.6 Å². The lowest BCUT2D eigenvalue weighted by molar-refractivity contribution is -0.165. The number of hydrogen-bond donors (Lipinski definition) is 2. The third-order valence-corrected chi connectivity index (χ3v) is 8.58. The number of ether oxygens (including phenoxy) is 2. The smallest absolute Gasteiger partial charge is 0.338 e. The molecule has 0 aromatic heterocycles. The number of nitrogens with one attached hydrogen (secondary N) is 1. The van der Waals surface area contributed by atoms with Crippen LogP contribution in [0.15, 0.2) is 36.4 Å². The molecule has 204 valence electrons. The van der Waals surface area contributed by atoms with Crippen molar-refractivity contribution in [3.8, 4) is 5.75 Å². The maximum absolute atomic E-state index is 13.8. The van der Waals surface area contributed by atoms with Crippen molar-refractivity contribution >= 4 is 23.5 Å². The van der Waals surface area contributed by atoms with Gasteiger partial charge in [-0.3, -0.25) is 9.69 Å². The minimum atomic E-state index is -1.24. The molecule has 1 aliphatic carbocycles. The Bertz CT molecular complexity index is 1190. The van der Waals surface area contributed by atoms with E-state index < -0.39 is 17.4 Å². The van der Waals surface area contributed by atoms with E-state index in [0.29, 0.717) is 30.3 Å². The number of carbonyl (C=O) groups is 2. The van der Waals surface area contributed by atoms with Crippen molar-refractivity contribution in [2.75, 3.05) is 26.8 Å². The Labute approximate surface area is 227 Å². The zero-order valence-corrected chi connectivity index (χ0v) is 22.3. The number of aromatic carboxylic acids is 1. The number of piperidine rings is 1. The Morgan fingerprint density at radius 3 is 2.55 bits per heavy atom. The van der Waals surface area contributed by atoms with Crippen LogP contribution < -0.4 is 10.1 Å². The van der Waals surface area contributed by atoms with E-state index in [1.54, 1.807) is 19.2 Å². The van der Waals surface area contributed by atoms with Gasteiger partial charge >= 0.3 is 5.97 Å². The fourth-order valence-electron chi connectivity index (χ4n) is 6.04. The molecular weight excluding hydrogens is 511 g/mol. The number of benzene rings is 2. The second-order valence-electron chi connectivity index (χ2n) is 10.7. The van der Waals surface area contributed by atoms with Crippen LogP contribution in [-0.4, -0.2) is 60.3 Å². The van der Waals surface area contributed by atoms with Crippen LogP contribution in [-0.2, 0) is 16.1 Å². The van der Waals surface area contributed by atoms with Gasteiger partial charge in [-0.25, -0.2) is 9.18 Å². The predicted octanol–water partition coefficient (Wildman–Crippen LogP) is 5.01. The van der Waals surface area contributed by atoms with E-state index in [1.807, 2.05) is 12.1 Å². The number of carbonyl (C=O) groups excluding carboxylic acids is 1. The van der Waals surface area contributed by atoms with Crippen LogP contribution in [0.5, 0.6) is 5.75 Å². The van der Waals surface area contributed by atoms with Crippen molar-refractivity contribution in [1.82, 2.24) is 10.2 Å². The molecule has 2 saturated heterocycles. The maximum atomic E-state index is 13.8. The molecular formula is C29H34ClFN2O5. The second-order valence-corrected chi connectivity index (χ2v) is 11.1. The first-order valence-electron chi connectivity index (χ1n) is 13.3. The molecule has 3 fully saturated rings. The summed E-state index contributed by atoms with van der Waals surface area (Å²) in [6.45, 7) is 2.59. The SMILES string of the molecule is COc1cc(Cl)cc(CNC(=O)[C@@]2(C3CC3)CC[C@@H](N3CCC(c4ccc(F)c(C(=O)O)c4)CC3)CO2)c1. The fraction of sp³-hybridized carbons (Fsp3) is 0.517. The Morgan fingerprint density at radius 2 is 1.92 bits per heavy atom. The first-order chi connectivity index (χ1) is 18.3. The average Bonchev–Trinajstić information content (AvgIpc) is 3.78. The van der Waals surface area contributed by atoms with E-state index in [2.05, 4.69) is 10.2 Å². The Morgan fingerprint density at radius 1 is 1.16 bits per heavy atom. The topological polar surface area (TPSA) is 88.1 Å². The summed E-state index contributed by atoms with van der Waals surface area (Å²) in [4.78, 5) is 27.2. The maximum Gasteiger partial charge on any atom is 0.338 e. The van der Waals surface area contributed by atoms with E-state index in [0.717, 1.165) is 56.3 Å². The molecule has 2 heterocycles. The molecule has 0 spiro atoms. The zero-order valence-electron chi connectivity index (χ0n) is 21.6. The first kappa shape index (κ1) is 26.9. The molecule has 38 heavy (non-hydrogen) atoms. The van der Waals surface area contributed by atoms with Crippen LogP contribution in [0.4, 0.5) is 4.39 Å². The Balaban J connectivity index is 1.16.